The van der Waals surface area contributed by atoms with Crippen molar-refractivity contribution >= 4 is 30.1 Å². The SMILES string of the molecule is CCSC1CCCCN(C(=O)C(C)(N)c2ccccc2)C1.Cl. The highest BCUT2D eigenvalue weighted by molar-refractivity contribution is 7.99. The predicted molar refractivity (Wildman–Crippen MR) is 97.6 cm³/mol. The molecule has 2 N–H and O–H groups in total. The van der Waals surface area contributed by atoms with Crippen LogP contribution in [0.3, 0.4) is 0 Å². The summed E-state index contributed by atoms with van der Waals surface area (Å²) in [6.07, 6.45) is 3.49. The lowest BCUT2D eigenvalue weighted by Gasteiger charge is -2.32. The summed E-state index contributed by atoms with van der Waals surface area (Å²) < 4.78 is 0. The molecular formula is C17H27ClN2OS. The molecule has 2 rings (SSSR count). The summed E-state index contributed by atoms with van der Waals surface area (Å²) >= 11 is 1.96. The Morgan fingerprint density at radius 2 is 2.05 bits per heavy atom. The maximum absolute atomic E-state index is 12.9. The van der Waals surface area contributed by atoms with Crippen molar-refractivity contribution in [2.75, 3.05) is 18.8 Å². The Kier molecular flexibility index (Phi) is 7.74. The normalized spacial score (nSPS) is 21.4. The van der Waals surface area contributed by atoms with E-state index < -0.39 is 5.54 Å². The zero-order valence-electron chi connectivity index (χ0n) is 13.5. The predicted octanol–water partition coefficient (Wildman–Crippen LogP) is 3.42. The molecule has 0 aromatic heterocycles. The van der Waals surface area contributed by atoms with Crippen molar-refractivity contribution in [2.24, 2.45) is 5.73 Å². The molecule has 1 saturated heterocycles. The number of amides is 1. The Balaban J connectivity index is 0.00000242. The fraction of sp³-hybridized carbons (Fsp3) is 0.588. The topological polar surface area (TPSA) is 46.3 Å². The first-order valence-corrected chi connectivity index (χ1v) is 8.86. The van der Waals surface area contributed by atoms with E-state index in [1.54, 1.807) is 0 Å². The first-order chi connectivity index (χ1) is 10.1. The minimum atomic E-state index is -0.937. The number of likely N-dealkylation sites (tertiary alicyclic amines) is 1. The smallest absolute Gasteiger partial charge is 0.247 e. The van der Waals surface area contributed by atoms with Crippen molar-refractivity contribution in [2.45, 2.75) is 43.9 Å². The van der Waals surface area contributed by atoms with Crippen LogP contribution in [0.15, 0.2) is 30.3 Å². The molecule has 0 radical (unpaired) electrons. The lowest BCUT2D eigenvalue weighted by Crippen LogP contribution is -2.52. The molecule has 1 fully saturated rings. The Morgan fingerprint density at radius 1 is 1.36 bits per heavy atom. The third kappa shape index (κ3) is 4.64. The second-order valence-electron chi connectivity index (χ2n) is 5.89. The molecule has 22 heavy (non-hydrogen) atoms. The lowest BCUT2D eigenvalue weighted by atomic mass is 9.91. The zero-order valence-corrected chi connectivity index (χ0v) is 15.1. The summed E-state index contributed by atoms with van der Waals surface area (Å²) in [4.78, 5) is 14.9. The van der Waals surface area contributed by atoms with Crippen LogP contribution in [-0.2, 0) is 10.3 Å². The summed E-state index contributed by atoms with van der Waals surface area (Å²) in [6, 6.07) is 9.70. The summed E-state index contributed by atoms with van der Waals surface area (Å²) in [5.41, 5.74) is 6.34. The Bertz CT molecular complexity index is 467. The fourth-order valence-corrected chi connectivity index (χ4v) is 3.99. The van der Waals surface area contributed by atoms with Gasteiger partial charge in [-0.25, -0.2) is 0 Å². The highest BCUT2D eigenvalue weighted by Gasteiger charge is 2.35. The van der Waals surface area contributed by atoms with Gasteiger partial charge in [0.15, 0.2) is 0 Å². The maximum Gasteiger partial charge on any atom is 0.247 e. The van der Waals surface area contributed by atoms with Crippen molar-refractivity contribution < 1.29 is 4.79 Å². The highest BCUT2D eigenvalue weighted by Crippen LogP contribution is 2.26. The molecule has 2 atom stereocenters. The van der Waals surface area contributed by atoms with E-state index in [0.29, 0.717) is 5.25 Å². The van der Waals surface area contributed by atoms with E-state index in [1.807, 2.05) is 53.9 Å². The van der Waals surface area contributed by atoms with Gasteiger partial charge in [-0.15, -0.1) is 12.4 Å². The van der Waals surface area contributed by atoms with Crippen LogP contribution in [0.1, 0.15) is 38.7 Å². The number of nitrogens with zero attached hydrogens (tertiary/aromatic N) is 1. The number of rotatable bonds is 4. The molecule has 1 aliphatic heterocycles. The van der Waals surface area contributed by atoms with Gasteiger partial charge in [0.25, 0.3) is 0 Å². The molecular weight excluding hydrogens is 316 g/mol. The lowest BCUT2D eigenvalue weighted by molar-refractivity contribution is -0.136. The van der Waals surface area contributed by atoms with Crippen LogP contribution in [0.25, 0.3) is 0 Å². The van der Waals surface area contributed by atoms with Gasteiger partial charge in [-0.05, 0) is 31.1 Å². The molecule has 3 nitrogen and oxygen atoms in total. The summed E-state index contributed by atoms with van der Waals surface area (Å²) in [5, 5.41) is 0.549. The van der Waals surface area contributed by atoms with Crippen LogP contribution < -0.4 is 5.73 Å². The summed E-state index contributed by atoms with van der Waals surface area (Å²) in [7, 11) is 0. The monoisotopic (exact) mass is 342 g/mol. The number of hydrogen-bond donors (Lipinski definition) is 1. The number of hydrogen-bond acceptors (Lipinski definition) is 3. The Hall–Kier alpha value is -0.710. The minimum absolute atomic E-state index is 0. The van der Waals surface area contributed by atoms with Gasteiger partial charge in [-0.2, -0.15) is 11.8 Å². The molecule has 2 unspecified atom stereocenters. The van der Waals surface area contributed by atoms with Crippen LogP contribution in [0.4, 0.5) is 0 Å². The van der Waals surface area contributed by atoms with Crippen molar-refractivity contribution in [1.29, 1.82) is 0 Å². The van der Waals surface area contributed by atoms with E-state index in [1.165, 1.54) is 12.8 Å². The molecule has 0 bridgehead atoms. The number of carbonyl (C=O) groups is 1. The van der Waals surface area contributed by atoms with E-state index in [-0.39, 0.29) is 18.3 Å². The molecule has 1 amide bonds. The zero-order chi connectivity index (χ0) is 15.3. The van der Waals surface area contributed by atoms with Crippen LogP contribution in [0.2, 0.25) is 0 Å². The van der Waals surface area contributed by atoms with Crippen LogP contribution >= 0.6 is 24.2 Å². The van der Waals surface area contributed by atoms with Crippen LogP contribution in [-0.4, -0.2) is 34.9 Å². The fourth-order valence-electron chi connectivity index (χ4n) is 2.90. The molecule has 124 valence electrons. The number of nitrogens with two attached hydrogens (primary N) is 1. The standard InChI is InChI=1S/C17H26N2OS.ClH/c1-3-21-15-11-7-8-12-19(13-15)16(20)17(2,18)14-9-5-4-6-10-14;/h4-6,9-10,15H,3,7-8,11-13,18H2,1-2H3;1H. The van der Waals surface area contributed by atoms with E-state index in [2.05, 4.69) is 6.92 Å². The van der Waals surface area contributed by atoms with Crippen molar-refractivity contribution in [1.82, 2.24) is 4.90 Å². The van der Waals surface area contributed by atoms with Crippen LogP contribution in [0.5, 0.6) is 0 Å². The van der Waals surface area contributed by atoms with Crippen LogP contribution in [0, 0.1) is 0 Å². The molecule has 0 saturated carbocycles. The number of halogens is 1. The van der Waals surface area contributed by atoms with Gasteiger partial charge in [0.1, 0.15) is 5.54 Å². The van der Waals surface area contributed by atoms with Gasteiger partial charge >= 0.3 is 0 Å². The highest BCUT2D eigenvalue weighted by atomic mass is 35.5. The van der Waals surface area contributed by atoms with Crippen molar-refractivity contribution in [3.8, 4) is 0 Å². The second kappa shape index (κ2) is 8.80. The summed E-state index contributed by atoms with van der Waals surface area (Å²) in [5.74, 6) is 1.16. The molecule has 0 spiro atoms. The average molecular weight is 343 g/mol. The summed E-state index contributed by atoms with van der Waals surface area (Å²) in [6.45, 7) is 5.67. The largest absolute Gasteiger partial charge is 0.340 e. The molecule has 5 heteroatoms. The number of thioether (sulfide) groups is 1. The minimum Gasteiger partial charge on any atom is -0.340 e. The van der Waals surface area contributed by atoms with Gasteiger partial charge in [0.05, 0.1) is 0 Å². The van der Waals surface area contributed by atoms with Gasteiger partial charge in [0.2, 0.25) is 5.91 Å². The Labute approximate surface area is 144 Å². The molecule has 1 heterocycles. The molecule has 1 aliphatic rings. The van der Waals surface area contributed by atoms with Gasteiger partial charge in [-0.3, -0.25) is 4.79 Å². The average Bonchev–Trinajstić information content (AvgIpc) is 2.73. The quantitative estimate of drug-likeness (QED) is 0.912. The van der Waals surface area contributed by atoms with E-state index >= 15 is 0 Å². The molecule has 1 aromatic carbocycles. The van der Waals surface area contributed by atoms with E-state index in [4.69, 9.17) is 5.73 Å². The first-order valence-electron chi connectivity index (χ1n) is 7.81. The van der Waals surface area contributed by atoms with Crippen molar-refractivity contribution in [3.63, 3.8) is 0 Å². The van der Waals surface area contributed by atoms with Gasteiger partial charge in [-0.1, -0.05) is 43.7 Å². The number of benzene rings is 1. The number of carbonyl (C=O) groups excluding carboxylic acids is 1. The third-order valence-electron chi connectivity index (χ3n) is 4.14. The first kappa shape index (κ1) is 19.3. The third-order valence-corrected chi connectivity index (χ3v) is 5.32. The van der Waals surface area contributed by atoms with Gasteiger partial charge < -0.3 is 10.6 Å². The second-order valence-corrected chi connectivity index (χ2v) is 7.47. The maximum atomic E-state index is 12.9. The van der Waals surface area contributed by atoms with E-state index in [9.17, 15) is 4.79 Å². The van der Waals surface area contributed by atoms with Gasteiger partial charge in [0, 0.05) is 18.3 Å². The van der Waals surface area contributed by atoms with E-state index in [0.717, 1.165) is 30.8 Å². The molecule has 1 aromatic rings. The van der Waals surface area contributed by atoms with Crippen molar-refractivity contribution in [3.05, 3.63) is 35.9 Å². The molecule has 0 aliphatic carbocycles. The Morgan fingerprint density at radius 3 is 2.68 bits per heavy atom.